The lowest BCUT2D eigenvalue weighted by Crippen LogP contribution is -2.10. The van der Waals surface area contributed by atoms with Crippen molar-refractivity contribution in [2.24, 2.45) is 0 Å². The standard InChI is InChI=1S/C44H26ClNO2/c45-38-26-42-43(35-16-5-4-14-31(35)38)37-23-22-32-36(44(37)48-42)17-9-18-39(32)46(29-13-8-12-28(24-29)27-10-2-1-3-11-27)30-20-21-34-33-15-6-7-19-40(33)47-41(34)25-30/h1-26H. The first-order valence-corrected chi connectivity index (χ1v) is 16.4. The van der Waals surface area contributed by atoms with E-state index in [-0.39, 0.29) is 0 Å². The minimum Gasteiger partial charge on any atom is -0.456 e. The van der Waals surface area contributed by atoms with Crippen molar-refractivity contribution >= 4 is 94.1 Å². The summed E-state index contributed by atoms with van der Waals surface area (Å²) in [5.74, 6) is 0. The van der Waals surface area contributed by atoms with Crippen molar-refractivity contribution in [3.63, 3.8) is 0 Å². The Morgan fingerprint density at radius 2 is 1.06 bits per heavy atom. The Bertz CT molecular complexity index is 2870. The van der Waals surface area contributed by atoms with Gasteiger partial charge < -0.3 is 13.7 Å². The second-order valence-corrected chi connectivity index (χ2v) is 12.6. The number of nitrogens with zero attached hydrogens (tertiary/aromatic N) is 1. The van der Waals surface area contributed by atoms with Crippen molar-refractivity contribution < 1.29 is 8.83 Å². The molecule has 2 heterocycles. The van der Waals surface area contributed by atoms with E-state index >= 15 is 0 Å². The van der Waals surface area contributed by atoms with Crippen molar-refractivity contribution in [1.82, 2.24) is 0 Å². The molecule has 0 fully saturated rings. The fourth-order valence-corrected chi connectivity index (χ4v) is 7.59. The summed E-state index contributed by atoms with van der Waals surface area (Å²) >= 11 is 6.73. The lowest BCUT2D eigenvalue weighted by molar-refractivity contribution is 0.669. The first-order chi connectivity index (χ1) is 23.7. The number of furan rings is 2. The first kappa shape index (κ1) is 27.1. The molecule has 0 radical (unpaired) electrons. The zero-order chi connectivity index (χ0) is 31.8. The summed E-state index contributed by atoms with van der Waals surface area (Å²) in [5.41, 5.74) is 8.76. The topological polar surface area (TPSA) is 29.5 Å². The third kappa shape index (κ3) is 4.08. The van der Waals surface area contributed by atoms with Gasteiger partial charge in [-0.25, -0.2) is 0 Å². The molecule has 10 aromatic rings. The number of benzene rings is 8. The summed E-state index contributed by atoms with van der Waals surface area (Å²) in [6.45, 7) is 0. The minimum atomic E-state index is 0.688. The summed E-state index contributed by atoms with van der Waals surface area (Å²) in [7, 11) is 0. The Morgan fingerprint density at radius 3 is 1.96 bits per heavy atom. The second kappa shape index (κ2) is 10.5. The highest BCUT2D eigenvalue weighted by molar-refractivity contribution is 6.38. The SMILES string of the molecule is Clc1cc2oc3c4cccc(N(c5cccc(-c6ccccc6)c5)c5ccc6c(c5)oc5ccccc56)c4ccc3c2c2ccccc12. The summed E-state index contributed by atoms with van der Waals surface area (Å²) in [4.78, 5) is 2.32. The van der Waals surface area contributed by atoms with E-state index in [0.717, 1.165) is 88.0 Å². The van der Waals surface area contributed by atoms with E-state index in [9.17, 15) is 0 Å². The highest BCUT2D eigenvalue weighted by Gasteiger charge is 2.21. The first-order valence-electron chi connectivity index (χ1n) is 16.0. The van der Waals surface area contributed by atoms with Crippen LogP contribution in [0.1, 0.15) is 0 Å². The fourth-order valence-electron chi connectivity index (χ4n) is 7.33. The zero-order valence-electron chi connectivity index (χ0n) is 25.7. The van der Waals surface area contributed by atoms with Gasteiger partial charge in [-0.3, -0.25) is 0 Å². The number of fused-ring (bicyclic) bond motifs is 10. The van der Waals surface area contributed by atoms with Crippen molar-refractivity contribution in [1.29, 1.82) is 0 Å². The molecule has 0 aliphatic rings. The van der Waals surface area contributed by atoms with E-state index in [1.165, 1.54) is 5.56 Å². The lowest BCUT2D eigenvalue weighted by atomic mass is 10.00. The highest BCUT2D eigenvalue weighted by Crippen LogP contribution is 2.46. The Balaban J connectivity index is 1.24. The second-order valence-electron chi connectivity index (χ2n) is 12.2. The van der Waals surface area contributed by atoms with Gasteiger partial charge in [0.25, 0.3) is 0 Å². The van der Waals surface area contributed by atoms with Gasteiger partial charge in [-0.1, -0.05) is 115 Å². The van der Waals surface area contributed by atoms with Crippen molar-refractivity contribution in [3.05, 3.63) is 163 Å². The maximum atomic E-state index is 6.73. The Hall–Kier alpha value is -6.03. The molecule has 3 nitrogen and oxygen atoms in total. The van der Waals surface area contributed by atoms with Gasteiger partial charge in [-0.05, 0) is 59.0 Å². The molecule has 0 saturated heterocycles. The summed E-state index contributed by atoms with van der Waals surface area (Å²) in [5, 5.41) is 9.28. The van der Waals surface area contributed by atoms with Crippen LogP contribution >= 0.6 is 11.6 Å². The maximum absolute atomic E-state index is 6.73. The van der Waals surface area contributed by atoms with Gasteiger partial charge in [0, 0.05) is 61.2 Å². The van der Waals surface area contributed by atoms with E-state index in [4.69, 9.17) is 20.4 Å². The molecule has 0 unspecified atom stereocenters. The largest absolute Gasteiger partial charge is 0.456 e. The Labute approximate surface area is 280 Å². The number of anilines is 3. The lowest BCUT2D eigenvalue weighted by Gasteiger charge is -2.27. The van der Waals surface area contributed by atoms with E-state index < -0.39 is 0 Å². The minimum absolute atomic E-state index is 0.688. The number of hydrogen-bond acceptors (Lipinski definition) is 3. The van der Waals surface area contributed by atoms with Crippen LogP contribution in [-0.2, 0) is 0 Å². The van der Waals surface area contributed by atoms with Crippen LogP contribution in [-0.4, -0.2) is 0 Å². The van der Waals surface area contributed by atoms with E-state index in [2.05, 4.69) is 132 Å². The molecule has 10 rings (SSSR count). The third-order valence-electron chi connectivity index (χ3n) is 9.50. The highest BCUT2D eigenvalue weighted by atomic mass is 35.5. The smallest absolute Gasteiger partial charge is 0.143 e. The van der Waals surface area contributed by atoms with Gasteiger partial charge in [0.05, 0.1) is 10.7 Å². The van der Waals surface area contributed by atoms with E-state index in [1.54, 1.807) is 0 Å². The zero-order valence-corrected chi connectivity index (χ0v) is 26.4. The molecule has 0 atom stereocenters. The van der Waals surface area contributed by atoms with Crippen molar-refractivity contribution in [2.75, 3.05) is 4.90 Å². The molecule has 0 bridgehead atoms. The van der Waals surface area contributed by atoms with Crippen molar-refractivity contribution in [3.8, 4) is 11.1 Å². The quantitative estimate of drug-likeness (QED) is 0.193. The number of hydrogen-bond donors (Lipinski definition) is 0. The van der Waals surface area contributed by atoms with E-state index in [0.29, 0.717) is 5.02 Å². The van der Waals surface area contributed by atoms with Crippen LogP contribution in [0, 0.1) is 0 Å². The Kier molecular flexibility index (Phi) is 5.93. The van der Waals surface area contributed by atoms with Crippen LogP contribution in [0.4, 0.5) is 17.1 Å². The van der Waals surface area contributed by atoms with Gasteiger partial charge in [0.2, 0.25) is 0 Å². The number of rotatable bonds is 4. The van der Waals surface area contributed by atoms with Crippen LogP contribution in [0.2, 0.25) is 5.02 Å². The molecule has 0 amide bonds. The van der Waals surface area contributed by atoms with Gasteiger partial charge in [-0.2, -0.15) is 0 Å². The maximum Gasteiger partial charge on any atom is 0.143 e. The molecular formula is C44H26ClNO2. The summed E-state index contributed by atoms with van der Waals surface area (Å²) in [6.07, 6.45) is 0. The molecule has 8 aromatic carbocycles. The molecule has 4 heteroatoms. The fraction of sp³-hybridized carbons (Fsp3) is 0. The third-order valence-corrected chi connectivity index (χ3v) is 9.81. The average molecular weight is 636 g/mol. The molecule has 0 aliphatic heterocycles. The van der Waals surface area contributed by atoms with Gasteiger partial charge in [0.1, 0.15) is 22.3 Å². The molecular weight excluding hydrogens is 610 g/mol. The predicted molar refractivity (Wildman–Crippen MR) is 201 cm³/mol. The average Bonchev–Trinajstić information content (AvgIpc) is 3.71. The van der Waals surface area contributed by atoms with Crippen LogP contribution in [0.3, 0.4) is 0 Å². The van der Waals surface area contributed by atoms with Gasteiger partial charge in [-0.15, -0.1) is 0 Å². The molecule has 0 aliphatic carbocycles. The molecule has 2 aromatic heterocycles. The van der Waals surface area contributed by atoms with Crippen LogP contribution in [0.5, 0.6) is 0 Å². The summed E-state index contributed by atoms with van der Waals surface area (Å²) < 4.78 is 13.0. The van der Waals surface area contributed by atoms with E-state index in [1.807, 2.05) is 30.3 Å². The van der Waals surface area contributed by atoms with Crippen LogP contribution in [0.15, 0.2) is 167 Å². The normalized spacial score (nSPS) is 11.9. The molecule has 0 spiro atoms. The molecule has 0 saturated carbocycles. The monoisotopic (exact) mass is 635 g/mol. The van der Waals surface area contributed by atoms with Crippen LogP contribution < -0.4 is 4.90 Å². The number of halogens is 1. The van der Waals surface area contributed by atoms with Gasteiger partial charge in [0.15, 0.2) is 0 Å². The van der Waals surface area contributed by atoms with Crippen molar-refractivity contribution in [2.45, 2.75) is 0 Å². The van der Waals surface area contributed by atoms with Crippen LogP contribution in [0.25, 0.3) is 76.5 Å². The Morgan fingerprint density at radius 1 is 0.396 bits per heavy atom. The van der Waals surface area contributed by atoms with Gasteiger partial charge >= 0.3 is 0 Å². The summed E-state index contributed by atoms with van der Waals surface area (Å²) in [6, 6.07) is 55.0. The molecule has 226 valence electrons. The predicted octanol–water partition coefficient (Wildman–Crippen LogP) is 13.6. The molecule has 0 N–H and O–H groups in total. The number of para-hydroxylation sites is 1. The molecule has 48 heavy (non-hydrogen) atoms.